The Kier molecular flexibility index (Phi) is 4.76. The third kappa shape index (κ3) is 3.26. The van der Waals surface area contributed by atoms with Crippen LogP contribution in [0.3, 0.4) is 0 Å². The minimum Gasteiger partial charge on any atom is -0.496 e. The highest BCUT2D eigenvalue weighted by Gasteiger charge is 2.61. The molecule has 3 fully saturated rings. The van der Waals surface area contributed by atoms with E-state index in [0.717, 1.165) is 32.4 Å². The SMILES string of the molecule is COc1ccccc1C(=O)Nc1ccnn1C1CCN(C(=O)[C@@H]2CC23CCC3)CC1. The van der Waals surface area contributed by atoms with Crippen molar-refractivity contribution in [3.8, 4) is 5.75 Å². The summed E-state index contributed by atoms with van der Waals surface area (Å²) in [6.07, 6.45) is 8.28. The molecule has 0 unspecified atom stereocenters. The lowest BCUT2D eigenvalue weighted by molar-refractivity contribution is -0.135. The molecule has 2 aliphatic carbocycles. The van der Waals surface area contributed by atoms with E-state index < -0.39 is 0 Å². The summed E-state index contributed by atoms with van der Waals surface area (Å²) in [6, 6.07) is 9.15. The first kappa shape index (κ1) is 19.2. The van der Waals surface area contributed by atoms with Gasteiger partial charge in [-0.3, -0.25) is 9.59 Å². The van der Waals surface area contributed by atoms with Crippen LogP contribution in [0.5, 0.6) is 5.75 Å². The Labute approximate surface area is 176 Å². The first-order valence-corrected chi connectivity index (χ1v) is 10.9. The predicted molar refractivity (Wildman–Crippen MR) is 112 cm³/mol. The summed E-state index contributed by atoms with van der Waals surface area (Å²) in [6.45, 7) is 1.52. The molecule has 1 saturated heterocycles. The van der Waals surface area contributed by atoms with E-state index in [1.165, 1.54) is 19.3 Å². The van der Waals surface area contributed by atoms with Crippen LogP contribution in [0.1, 0.15) is 54.9 Å². The monoisotopic (exact) mass is 408 g/mol. The second kappa shape index (κ2) is 7.45. The Morgan fingerprint density at radius 1 is 1.17 bits per heavy atom. The molecule has 30 heavy (non-hydrogen) atoms. The number of likely N-dealkylation sites (tertiary alicyclic amines) is 1. The number of nitrogens with zero attached hydrogens (tertiary/aromatic N) is 3. The maximum absolute atomic E-state index is 12.8. The van der Waals surface area contributed by atoms with Crippen LogP contribution in [0.15, 0.2) is 36.5 Å². The van der Waals surface area contributed by atoms with Crippen molar-refractivity contribution in [2.75, 3.05) is 25.5 Å². The molecular weight excluding hydrogens is 380 g/mol. The van der Waals surface area contributed by atoms with Gasteiger partial charge >= 0.3 is 0 Å². The van der Waals surface area contributed by atoms with Crippen LogP contribution >= 0.6 is 0 Å². The minimum absolute atomic E-state index is 0.175. The molecule has 7 heteroatoms. The fourth-order valence-electron chi connectivity index (χ4n) is 5.15. The quantitative estimate of drug-likeness (QED) is 0.822. The van der Waals surface area contributed by atoms with Crippen LogP contribution in [0.25, 0.3) is 0 Å². The largest absolute Gasteiger partial charge is 0.496 e. The van der Waals surface area contributed by atoms with Gasteiger partial charge in [0.1, 0.15) is 11.6 Å². The van der Waals surface area contributed by atoms with Crippen molar-refractivity contribution in [3.63, 3.8) is 0 Å². The predicted octanol–water partition coefficient (Wildman–Crippen LogP) is 3.50. The first-order valence-electron chi connectivity index (χ1n) is 10.9. The standard InChI is InChI=1S/C23H28N4O3/c1-30-19-6-3-2-5-17(19)21(28)25-20-7-12-24-27(20)16-8-13-26(14-9-16)22(29)18-15-23(18)10-4-11-23/h2-3,5-7,12,16,18H,4,8-11,13-15H2,1H3,(H,25,28)/t18-/m0/s1. The molecule has 0 radical (unpaired) electrons. The number of hydrogen-bond donors (Lipinski definition) is 1. The zero-order valence-corrected chi connectivity index (χ0v) is 17.3. The molecule has 158 valence electrons. The third-order valence-corrected chi connectivity index (χ3v) is 7.22. The van der Waals surface area contributed by atoms with Gasteiger partial charge in [-0.15, -0.1) is 0 Å². The van der Waals surface area contributed by atoms with E-state index in [1.54, 1.807) is 25.4 Å². The zero-order chi connectivity index (χ0) is 20.7. The Morgan fingerprint density at radius 2 is 1.93 bits per heavy atom. The summed E-state index contributed by atoms with van der Waals surface area (Å²) in [4.78, 5) is 27.6. The first-order chi connectivity index (χ1) is 14.6. The zero-order valence-electron chi connectivity index (χ0n) is 17.3. The summed E-state index contributed by atoms with van der Waals surface area (Å²) in [5.74, 6) is 1.63. The lowest BCUT2D eigenvalue weighted by Gasteiger charge is -2.34. The lowest BCUT2D eigenvalue weighted by Crippen LogP contribution is -2.41. The number of anilines is 1. The molecule has 5 rings (SSSR count). The second-order valence-corrected chi connectivity index (χ2v) is 8.84. The van der Waals surface area contributed by atoms with Gasteiger partial charge in [0.05, 0.1) is 24.9 Å². The van der Waals surface area contributed by atoms with Crippen molar-refractivity contribution >= 4 is 17.6 Å². The van der Waals surface area contributed by atoms with E-state index in [2.05, 4.69) is 10.4 Å². The van der Waals surface area contributed by atoms with Gasteiger partial charge in [0, 0.05) is 25.1 Å². The van der Waals surface area contributed by atoms with Gasteiger partial charge < -0.3 is 15.0 Å². The average molecular weight is 409 g/mol. The number of methoxy groups -OCH3 is 1. The number of benzene rings is 1. The fraction of sp³-hybridized carbons (Fsp3) is 0.522. The second-order valence-electron chi connectivity index (χ2n) is 8.84. The van der Waals surface area contributed by atoms with E-state index in [0.29, 0.717) is 28.5 Å². The molecule has 0 bridgehead atoms. The highest BCUT2D eigenvalue weighted by atomic mass is 16.5. The Bertz CT molecular complexity index is 957. The molecule has 1 atom stereocenters. The molecule has 1 aliphatic heterocycles. The van der Waals surface area contributed by atoms with Crippen LogP contribution in [0.4, 0.5) is 5.82 Å². The van der Waals surface area contributed by atoms with E-state index >= 15 is 0 Å². The molecular formula is C23H28N4O3. The lowest BCUT2D eigenvalue weighted by atomic mass is 9.79. The van der Waals surface area contributed by atoms with Gasteiger partial charge in [-0.05, 0) is 49.7 Å². The highest BCUT2D eigenvalue weighted by Crippen LogP contribution is 2.66. The molecule has 1 aromatic carbocycles. The average Bonchev–Trinajstić information content (AvgIpc) is 3.38. The van der Waals surface area contributed by atoms with Crippen molar-refractivity contribution < 1.29 is 14.3 Å². The van der Waals surface area contributed by atoms with Crippen LogP contribution < -0.4 is 10.1 Å². The molecule has 1 spiro atoms. The summed E-state index contributed by atoms with van der Waals surface area (Å²) < 4.78 is 7.19. The molecule has 2 amide bonds. The van der Waals surface area contributed by atoms with E-state index in [-0.39, 0.29) is 17.9 Å². The summed E-state index contributed by atoms with van der Waals surface area (Å²) in [5, 5.41) is 7.43. The van der Waals surface area contributed by atoms with Crippen LogP contribution in [-0.4, -0.2) is 46.7 Å². The topological polar surface area (TPSA) is 76.5 Å². The van der Waals surface area contributed by atoms with Crippen molar-refractivity contribution in [1.29, 1.82) is 0 Å². The number of piperidine rings is 1. The number of carbonyl (C=O) groups excluding carboxylic acids is 2. The Balaban J connectivity index is 1.21. The van der Waals surface area contributed by atoms with E-state index in [1.807, 2.05) is 27.8 Å². The number of para-hydroxylation sites is 1. The summed E-state index contributed by atoms with van der Waals surface area (Å²) >= 11 is 0. The van der Waals surface area contributed by atoms with Crippen molar-refractivity contribution in [1.82, 2.24) is 14.7 Å². The maximum atomic E-state index is 12.8. The number of amides is 2. The maximum Gasteiger partial charge on any atom is 0.260 e. The van der Waals surface area contributed by atoms with E-state index in [9.17, 15) is 9.59 Å². The number of nitrogens with one attached hydrogen (secondary N) is 1. The molecule has 3 aliphatic rings. The Hall–Kier alpha value is -2.83. The van der Waals surface area contributed by atoms with Crippen molar-refractivity contribution in [2.45, 2.75) is 44.6 Å². The van der Waals surface area contributed by atoms with Gasteiger partial charge in [0.15, 0.2) is 0 Å². The van der Waals surface area contributed by atoms with Crippen molar-refractivity contribution in [2.24, 2.45) is 11.3 Å². The minimum atomic E-state index is -0.221. The van der Waals surface area contributed by atoms with Gasteiger partial charge in [0.2, 0.25) is 5.91 Å². The van der Waals surface area contributed by atoms with Crippen LogP contribution in [0.2, 0.25) is 0 Å². The van der Waals surface area contributed by atoms with E-state index in [4.69, 9.17) is 4.74 Å². The third-order valence-electron chi connectivity index (χ3n) is 7.22. The fourth-order valence-corrected chi connectivity index (χ4v) is 5.15. The normalized spacial score (nSPS) is 22.4. The molecule has 1 aromatic heterocycles. The smallest absolute Gasteiger partial charge is 0.260 e. The number of ether oxygens (including phenoxy) is 1. The number of rotatable bonds is 5. The molecule has 1 N–H and O–H groups in total. The number of hydrogen-bond acceptors (Lipinski definition) is 4. The van der Waals surface area contributed by atoms with Crippen molar-refractivity contribution in [3.05, 3.63) is 42.1 Å². The highest BCUT2D eigenvalue weighted by molar-refractivity contribution is 6.05. The van der Waals surface area contributed by atoms with Gasteiger partial charge in [-0.25, -0.2) is 4.68 Å². The van der Waals surface area contributed by atoms with Crippen LogP contribution in [0, 0.1) is 11.3 Å². The molecule has 2 aromatic rings. The molecule has 7 nitrogen and oxygen atoms in total. The van der Waals surface area contributed by atoms with Gasteiger partial charge in [-0.2, -0.15) is 5.10 Å². The number of aromatic nitrogens is 2. The number of carbonyl (C=O) groups is 2. The Morgan fingerprint density at radius 3 is 2.60 bits per heavy atom. The van der Waals surface area contributed by atoms with Gasteiger partial charge in [-0.1, -0.05) is 18.6 Å². The molecule has 2 saturated carbocycles. The summed E-state index contributed by atoms with van der Waals surface area (Å²) in [5.41, 5.74) is 0.869. The van der Waals surface area contributed by atoms with Gasteiger partial charge in [0.25, 0.3) is 5.91 Å². The summed E-state index contributed by atoms with van der Waals surface area (Å²) in [7, 11) is 1.56. The van der Waals surface area contributed by atoms with Crippen LogP contribution in [-0.2, 0) is 4.79 Å². The molecule has 2 heterocycles.